The van der Waals surface area contributed by atoms with Crippen molar-refractivity contribution in [3.05, 3.63) is 29.8 Å². The highest BCUT2D eigenvalue weighted by Crippen LogP contribution is 2.12. The van der Waals surface area contributed by atoms with Gasteiger partial charge in [-0.1, -0.05) is 12.1 Å². The number of carboxylic acids is 2. The fourth-order valence-corrected chi connectivity index (χ4v) is 2.79. The van der Waals surface area contributed by atoms with Crippen LogP contribution in [0.1, 0.15) is 32.3 Å². The van der Waals surface area contributed by atoms with Crippen LogP contribution in [-0.4, -0.2) is 80.4 Å². The highest BCUT2D eigenvalue weighted by atomic mass is 16.4. The smallest absolute Gasteiger partial charge is 0.325 e. The molecule has 13 heteroatoms. The number of nitrogens with two attached hydrogens (primary N) is 1. The monoisotopic (exact) mass is 482 g/mol. The van der Waals surface area contributed by atoms with Crippen molar-refractivity contribution >= 4 is 29.7 Å². The van der Waals surface area contributed by atoms with Gasteiger partial charge < -0.3 is 42.1 Å². The Bertz CT molecular complexity index is 889. The molecule has 0 aliphatic heterocycles. The zero-order valence-electron chi connectivity index (χ0n) is 18.7. The first-order chi connectivity index (χ1) is 15.8. The van der Waals surface area contributed by atoms with E-state index in [1.807, 2.05) is 0 Å². The molecule has 3 amide bonds. The van der Waals surface area contributed by atoms with Gasteiger partial charge in [0.05, 0.1) is 12.1 Å². The molecule has 0 aliphatic carbocycles. The number of amides is 3. The van der Waals surface area contributed by atoms with Crippen LogP contribution in [0.2, 0.25) is 0 Å². The molecule has 34 heavy (non-hydrogen) atoms. The lowest BCUT2D eigenvalue weighted by Crippen LogP contribution is -2.60. The number of aliphatic hydroxyl groups is 1. The van der Waals surface area contributed by atoms with E-state index in [2.05, 4.69) is 16.0 Å². The van der Waals surface area contributed by atoms with Gasteiger partial charge in [-0.15, -0.1) is 0 Å². The van der Waals surface area contributed by atoms with Gasteiger partial charge in [-0.3, -0.25) is 24.0 Å². The summed E-state index contributed by atoms with van der Waals surface area (Å²) in [6.07, 6.45) is -2.08. The average Bonchev–Trinajstić information content (AvgIpc) is 2.75. The van der Waals surface area contributed by atoms with Gasteiger partial charge in [0.25, 0.3) is 0 Å². The lowest BCUT2D eigenvalue weighted by atomic mass is 10.0. The number of phenols is 1. The maximum atomic E-state index is 12.8. The van der Waals surface area contributed by atoms with Crippen LogP contribution in [0.25, 0.3) is 0 Å². The molecule has 0 heterocycles. The molecule has 0 spiro atoms. The molecule has 13 nitrogen and oxygen atoms in total. The molecule has 188 valence electrons. The van der Waals surface area contributed by atoms with Crippen LogP contribution in [0.4, 0.5) is 0 Å². The zero-order chi connectivity index (χ0) is 26.0. The predicted octanol–water partition coefficient (Wildman–Crippen LogP) is -1.93. The molecule has 5 atom stereocenters. The van der Waals surface area contributed by atoms with E-state index in [4.69, 9.17) is 15.9 Å². The molecule has 0 aliphatic rings. The molecule has 0 fully saturated rings. The first-order valence-corrected chi connectivity index (χ1v) is 10.4. The number of hydrogen-bond donors (Lipinski definition) is 8. The molecule has 0 aromatic heterocycles. The predicted molar refractivity (Wildman–Crippen MR) is 117 cm³/mol. The van der Waals surface area contributed by atoms with Gasteiger partial charge in [-0.2, -0.15) is 0 Å². The topological polar surface area (TPSA) is 228 Å². The van der Waals surface area contributed by atoms with E-state index >= 15 is 0 Å². The van der Waals surface area contributed by atoms with Crippen LogP contribution in [0.3, 0.4) is 0 Å². The maximum Gasteiger partial charge on any atom is 0.325 e. The highest BCUT2D eigenvalue weighted by molar-refractivity contribution is 5.94. The summed E-state index contributed by atoms with van der Waals surface area (Å²) in [5.74, 6) is -5.13. The van der Waals surface area contributed by atoms with Crippen molar-refractivity contribution in [2.45, 2.75) is 63.4 Å². The number of carbonyl (C=O) groups excluding carboxylic acids is 3. The van der Waals surface area contributed by atoms with Crippen molar-refractivity contribution in [3.63, 3.8) is 0 Å². The SMILES string of the molecule is CC(NC(=O)C(Cc1ccc(O)cc1)NC(=O)C(NC(=O)C(N)CCC(=O)O)C(C)O)C(=O)O. The fourth-order valence-electron chi connectivity index (χ4n) is 2.79. The quantitative estimate of drug-likeness (QED) is 0.155. The third kappa shape index (κ3) is 9.42. The van der Waals surface area contributed by atoms with E-state index in [1.54, 1.807) is 0 Å². The standard InChI is InChI=1S/C21H30N4O9/c1-10(21(33)34)23-19(31)15(9-12-3-5-13(27)6-4-12)24-20(32)17(11(2)26)25-18(30)14(22)7-8-16(28)29/h3-6,10-11,14-15,17,26-27H,7-9,22H2,1-2H3,(H,23,31)(H,24,32)(H,25,30)(H,28,29)(H,33,34). The average molecular weight is 482 g/mol. The lowest BCUT2D eigenvalue weighted by Gasteiger charge is -2.26. The van der Waals surface area contributed by atoms with Crippen molar-refractivity contribution in [3.8, 4) is 5.75 Å². The molecular weight excluding hydrogens is 452 g/mol. The van der Waals surface area contributed by atoms with Crippen molar-refractivity contribution in [2.75, 3.05) is 0 Å². The lowest BCUT2D eigenvalue weighted by molar-refractivity contribution is -0.142. The first-order valence-electron chi connectivity index (χ1n) is 10.4. The van der Waals surface area contributed by atoms with Gasteiger partial charge in [0.2, 0.25) is 17.7 Å². The molecule has 1 rings (SSSR count). The summed E-state index contributed by atoms with van der Waals surface area (Å²) < 4.78 is 0. The van der Waals surface area contributed by atoms with E-state index in [-0.39, 0.29) is 25.0 Å². The van der Waals surface area contributed by atoms with Gasteiger partial charge >= 0.3 is 11.9 Å². The Kier molecular flexibility index (Phi) is 10.9. The fraction of sp³-hybridized carbons (Fsp3) is 0.476. The van der Waals surface area contributed by atoms with Crippen molar-refractivity contribution < 1.29 is 44.4 Å². The Morgan fingerprint density at radius 3 is 2.00 bits per heavy atom. The number of rotatable bonds is 13. The Labute approximate surface area is 195 Å². The summed E-state index contributed by atoms with van der Waals surface area (Å²) in [4.78, 5) is 59.5. The van der Waals surface area contributed by atoms with Gasteiger partial charge in [-0.25, -0.2) is 0 Å². The number of aliphatic hydroxyl groups excluding tert-OH is 1. The highest BCUT2D eigenvalue weighted by Gasteiger charge is 2.32. The number of phenolic OH excluding ortho intramolecular Hbond substituents is 1. The van der Waals surface area contributed by atoms with E-state index < -0.39 is 59.9 Å². The normalized spacial score (nSPS) is 15.2. The minimum absolute atomic E-state index is 0.0237. The molecule has 1 aromatic carbocycles. The number of benzene rings is 1. The first kappa shape index (κ1) is 28.3. The molecule has 0 radical (unpaired) electrons. The number of aliphatic carboxylic acids is 2. The second kappa shape index (κ2) is 13.1. The van der Waals surface area contributed by atoms with Gasteiger partial charge in [0, 0.05) is 12.8 Å². The molecule has 0 bridgehead atoms. The Balaban J connectivity index is 3.01. The molecule has 0 saturated heterocycles. The number of aromatic hydroxyl groups is 1. The van der Waals surface area contributed by atoms with Gasteiger partial charge in [0.15, 0.2) is 0 Å². The number of nitrogens with one attached hydrogen (secondary N) is 3. The number of hydrogen-bond acceptors (Lipinski definition) is 8. The second-order valence-corrected chi connectivity index (χ2v) is 7.77. The van der Waals surface area contributed by atoms with E-state index in [1.165, 1.54) is 38.1 Å². The molecule has 0 saturated carbocycles. The maximum absolute atomic E-state index is 12.8. The van der Waals surface area contributed by atoms with E-state index in [9.17, 15) is 34.2 Å². The molecule has 5 unspecified atom stereocenters. The summed E-state index contributed by atoms with van der Waals surface area (Å²) in [6, 6.07) is 0.388. The Morgan fingerprint density at radius 1 is 0.912 bits per heavy atom. The number of carbonyl (C=O) groups is 5. The van der Waals surface area contributed by atoms with Crippen molar-refractivity contribution in [1.82, 2.24) is 16.0 Å². The Hall–Kier alpha value is -3.71. The number of carboxylic acid groups (broad SMARTS) is 2. The summed E-state index contributed by atoms with van der Waals surface area (Å²) >= 11 is 0. The van der Waals surface area contributed by atoms with E-state index in [0.29, 0.717) is 5.56 Å². The van der Waals surface area contributed by atoms with Crippen LogP contribution < -0.4 is 21.7 Å². The molecule has 1 aromatic rings. The summed E-state index contributed by atoms with van der Waals surface area (Å²) in [5, 5.41) is 44.1. The summed E-state index contributed by atoms with van der Waals surface area (Å²) in [6.45, 7) is 2.45. The van der Waals surface area contributed by atoms with Gasteiger partial charge in [-0.05, 0) is 38.0 Å². The third-order valence-corrected chi connectivity index (χ3v) is 4.81. The van der Waals surface area contributed by atoms with Crippen LogP contribution in [0.15, 0.2) is 24.3 Å². The van der Waals surface area contributed by atoms with Crippen molar-refractivity contribution in [1.29, 1.82) is 0 Å². The van der Waals surface area contributed by atoms with Gasteiger partial charge in [0.1, 0.15) is 23.9 Å². The minimum Gasteiger partial charge on any atom is -0.508 e. The van der Waals surface area contributed by atoms with E-state index in [0.717, 1.165) is 0 Å². The largest absolute Gasteiger partial charge is 0.508 e. The third-order valence-electron chi connectivity index (χ3n) is 4.81. The van der Waals surface area contributed by atoms with Crippen LogP contribution in [0, 0.1) is 0 Å². The van der Waals surface area contributed by atoms with Crippen molar-refractivity contribution in [2.24, 2.45) is 5.73 Å². The van der Waals surface area contributed by atoms with Crippen LogP contribution in [-0.2, 0) is 30.4 Å². The summed E-state index contributed by atoms with van der Waals surface area (Å²) in [7, 11) is 0. The van der Waals surface area contributed by atoms with Crippen LogP contribution in [0.5, 0.6) is 5.75 Å². The molecule has 9 N–H and O–H groups in total. The minimum atomic E-state index is -1.53. The van der Waals surface area contributed by atoms with Crippen LogP contribution >= 0.6 is 0 Å². The second-order valence-electron chi connectivity index (χ2n) is 7.77. The Morgan fingerprint density at radius 2 is 1.50 bits per heavy atom. The zero-order valence-corrected chi connectivity index (χ0v) is 18.7. The molecular formula is C21H30N4O9. The summed E-state index contributed by atoms with van der Waals surface area (Å²) in [5.41, 5.74) is 6.15.